The number of halogens is 1. The lowest BCUT2D eigenvalue weighted by Crippen LogP contribution is -2.33. The van der Waals surface area contributed by atoms with Gasteiger partial charge in [-0.25, -0.2) is 9.97 Å². The van der Waals surface area contributed by atoms with E-state index < -0.39 is 0 Å². The fourth-order valence-electron chi connectivity index (χ4n) is 2.66. The second-order valence-corrected chi connectivity index (χ2v) is 5.65. The van der Waals surface area contributed by atoms with E-state index in [2.05, 4.69) is 27.2 Å². The van der Waals surface area contributed by atoms with Crippen molar-refractivity contribution >= 4 is 23.7 Å². The standard InChI is InChI=1S/C14H21ClN4O/c1-10-17-13(15)12(9-20)14(18-10)16-7-8-19(2)11-5-3-4-6-11/h9,11H,3-8H2,1-2H3,(H,16,17,18). The van der Waals surface area contributed by atoms with Gasteiger partial charge in [0.25, 0.3) is 0 Å². The van der Waals surface area contributed by atoms with Crippen molar-refractivity contribution in [3.63, 3.8) is 0 Å². The van der Waals surface area contributed by atoms with Crippen molar-refractivity contribution in [1.82, 2.24) is 14.9 Å². The molecule has 1 heterocycles. The molecule has 1 aliphatic rings. The Labute approximate surface area is 124 Å². The number of likely N-dealkylation sites (N-methyl/N-ethyl adjacent to an activating group) is 1. The second kappa shape index (κ2) is 6.99. The number of carbonyl (C=O) groups is 1. The van der Waals surface area contributed by atoms with Crippen LogP contribution in [0.3, 0.4) is 0 Å². The molecule has 5 nitrogen and oxygen atoms in total. The van der Waals surface area contributed by atoms with Crippen molar-refractivity contribution in [2.24, 2.45) is 0 Å². The number of anilines is 1. The van der Waals surface area contributed by atoms with Gasteiger partial charge in [-0.1, -0.05) is 24.4 Å². The van der Waals surface area contributed by atoms with Crippen LogP contribution in [0.2, 0.25) is 5.15 Å². The monoisotopic (exact) mass is 296 g/mol. The van der Waals surface area contributed by atoms with Gasteiger partial charge in [-0.05, 0) is 26.8 Å². The SMILES string of the molecule is Cc1nc(Cl)c(C=O)c(NCCN(C)C2CCCC2)n1. The van der Waals surface area contributed by atoms with Crippen LogP contribution in [-0.2, 0) is 0 Å². The van der Waals surface area contributed by atoms with E-state index in [1.54, 1.807) is 6.92 Å². The van der Waals surface area contributed by atoms with Crippen molar-refractivity contribution in [2.75, 3.05) is 25.5 Å². The molecular formula is C14H21ClN4O. The van der Waals surface area contributed by atoms with Crippen LogP contribution >= 0.6 is 11.6 Å². The van der Waals surface area contributed by atoms with Gasteiger partial charge in [0.15, 0.2) is 6.29 Å². The molecule has 1 saturated carbocycles. The summed E-state index contributed by atoms with van der Waals surface area (Å²) in [4.78, 5) is 21.6. The predicted molar refractivity (Wildman–Crippen MR) is 80.5 cm³/mol. The summed E-state index contributed by atoms with van der Waals surface area (Å²) in [5, 5.41) is 3.40. The molecule has 0 aliphatic heterocycles. The Kier molecular flexibility index (Phi) is 5.31. The third kappa shape index (κ3) is 3.67. The molecule has 6 heteroatoms. The van der Waals surface area contributed by atoms with Crippen LogP contribution in [0.1, 0.15) is 41.9 Å². The first-order chi connectivity index (χ1) is 9.61. The molecule has 0 atom stereocenters. The van der Waals surface area contributed by atoms with E-state index in [1.807, 2.05) is 0 Å². The maximum absolute atomic E-state index is 11.1. The van der Waals surface area contributed by atoms with E-state index in [0.717, 1.165) is 13.1 Å². The van der Waals surface area contributed by atoms with Crippen molar-refractivity contribution in [3.8, 4) is 0 Å². The van der Waals surface area contributed by atoms with Crippen molar-refractivity contribution in [2.45, 2.75) is 38.6 Å². The Morgan fingerprint density at radius 3 is 2.75 bits per heavy atom. The van der Waals surface area contributed by atoms with Gasteiger partial charge < -0.3 is 10.2 Å². The van der Waals surface area contributed by atoms with Crippen LogP contribution in [0.15, 0.2) is 0 Å². The Balaban J connectivity index is 1.91. The van der Waals surface area contributed by atoms with Gasteiger partial charge in [-0.3, -0.25) is 4.79 Å². The summed E-state index contributed by atoms with van der Waals surface area (Å²) in [6, 6.07) is 0.693. The number of aryl methyl sites for hydroxylation is 1. The molecule has 0 unspecified atom stereocenters. The molecule has 1 aromatic heterocycles. The highest BCUT2D eigenvalue weighted by atomic mass is 35.5. The summed E-state index contributed by atoms with van der Waals surface area (Å²) >= 11 is 5.95. The van der Waals surface area contributed by atoms with Crippen LogP contribution in [0, 0.1) is 6.92 Å². The van der Waals surface area contributed by atoms with Gasteiger partial charge in [0.2, 0.25) is 0 Å². The molecule has 1 aromatic rings. The lowest BCUT2D eigenvalue weighted by molar-refractivity contribution is 0.112. The number of hydrogen-bond acceptors (Lipinski definition) is 5. The number of nitrogens with zero attached hydrogens (tertiary/aromatic N) is 3. The van der Waals surface area contributed by atoms with Gasteiger partial charge >= 0.3 is 0 Å². The van der Waals surface area contributed by atoms with Gasteiger partial charge in [0.1, 0.15) is 16.8 Å². The van der Waals surface area contributed by atoms with Gasteiger partial charge in [0.05, 0.1) is 5.56 Å². The fourth-order valence-corrected chi connectivity index (χ4v) is 2.92. The number of hydrogen-bond donors (Lipinski definition) is 1. The first kappa shape index (κ1) is 15.2. The largest absolute Gasteiger partial charge is 0.368 e. The van der Waals surface area contributed by atoms with E-state index >= 15 is 0 Å². The third-order valence-corrected chi connectivity index (χ3v) is 4.12. The van der Waals surface area contributed by atoms with E-state index in [4.69, 9.17) is 11.6 Å². The minimum atomic E-state index is 0.208. The van der Waals surface area contributed by atoms with Crippen LogP contribution in [-0.4, -0.2) is 47.3 Å². The van der Waals surface area contributed by atoms with E-state index in [9.17, 15) is 4.79 Å². The van der Waals surface area contributed by atoms with Crippen LogP contribution < -0.4 is 5.32 Å². The topological polar surface area (TPSA) is 58.1 Å². The molecule has 1 N–H and O–H groups in total. The highest BCUT2D eigenvalue weighted by Gasteiger charge is 2.19. The summed E-state index contributed by atoms with van der Waals surface area (Å²) in [6.45, 7) is 3.42. The molecule has 0 spiro atoms. The van der Waals surface area contributed by atoms with Crippen LogP contribution in [0.25, 0.3) is 0 Å². The highest BCUT2D eigenvalue weighted by molar-refractivity contribution is 6.32. The Morgan fingerprint density at radius 2 is 2.10 bits per heavy atom. The van der Waals surface area contributed by atoms with Crippen LogP contribution in [0.5, 0.6) is 0 Å². The van der Waals surface area contributed by atoms with Crippen molar-refractivity contribution in [1.29, 1.82) is 0 Å². The molecule has 0 radical (unpaired) electrons. The van der Waals surface area contributed by atoms with Gasteiger partial charge in [0, 0.05) is 19.1 Å². The van der Waals surface area contributed by atoms with Crippen molar-refractivity contribution < 1.29 is 4.79 Å². The third-order valence-electron chi connectivity index (χ3n) is 3.83. The molecule has 2 rings (SSSR count). The Hall–Kier alpha value is -1.20. The minimum Gasteiger partial charge on any atom is -0.368 e. The summed E-state index contributed by atoms with van der Waals surface area (Å²) in [5.41, 5.74) is 0.334. The zero-order valence-corrected chi connectivity index (χ0v) is 12.8. The quantitative estimate of drug-likeness (QED) is 0.646. The Morgan fingerprint density at radius 1 is 1.40 bits per heavy atom. The van der Waals surface area contributed by atoms with E-state index in [0.29, 0.717) is 29.5 Å². The smallest absolute Gasteiger partial charge is 0.156 e. The normalized spacial score (nSPS) is 15.8. The minimum absolute atomic E-state index is 0.208. The average molecular weight is 297 g/mol. The molecule has 0 saturated heterocycles. The summed E-state index contributed by atoms with van der Waals surface area (Å²) in [5.74, 6) is 1.09. The maximum Gasteiger partial charge on any atom is 0.156 e. The highest BCUT2D eigenvalue weighted by Crippen LogP contribution is 2.22. The molecule has 20 heavy (non-hydrogen) atoms. The molecule has 0 amide bonds. The molecule has 0 bridgehead atoms. The Bertz CT molecular complexity index is 474. The molecule has 0 aromatic carbocycles. The molecule has 110 valence electrons. The molecule has 1 fully saturated rings. The summed E-state index contributed by atoms with van der Waals surface area (Å²) in [6.07, 6.45) is 5.94. The number of aromatic nitrogens is 2. The van der Waals surface area contributed by atoms with E-state index in [1.165, 1.54) is 25.7 Å². The lowest BCUT2D eigenvalue weighted by Gasteiger charge is -2.24. The average Bonchev–Trinajstić information content (AvgIpc) is 2.92. The van der Waals surface area contributed by atoms with Crippen LogP contribution in [0.4, 0.5) is 5.82 Å². The lowest BCUT2D eigenvalue weighted by atomic mass is 10.2. The number of rotatable bonds is 6. The van der Waals surface area contributed by atoms with E-state index in [-0.39, 0.29) is 5.15 Å². The van der Waals surface area contributed by atoms with Gasteiger partial charge in [-0.2, -0.15) is 0 Å². The summed E-state index contributed by atoms with van der Waals surface area (Å²) in [7, 11) is 2.15. The van der Waals surface area contributed by atoms with Gasteiger partial charge in [-0.15, -0.1) is 0 Å². The number of nitrogens with one attached hydrogen (secondary N) is 1. The zero-order valence-electron chi connectivity index (χ0n) is 12.0. The number of aldehydes is 1. The molecular weight excluding hydrogens is 276 g/mol. The molecule has 1 aliphatic carbocycles. The summed E-state index contributed by atoms with van der Waals surface area (Å²) < 4.78 is 0. The maximum atomic E-state index is 11.1. The fraction of sp³-hybridized carbons (Fsp3) is 0.643. The zero-order chi connectivity index (χ0) is 14.5. The first-order valence-corrected chi connectivity index (χ1v) is 7.43. The second-order valence-electron chi connectivity index (χ2n) is 5.29. The number of carbonyl (C=O) groups excluding carboxylic acids is 1. The predicted octanol–water partition coefficient (Wildman–Crippen LogP) is 2.54. The first-order valence-electron chi connectivity index (χ1n) is 7.05. The van der Waals surface area contributed by atoms with Crippen molar-refractivity contribution in [3.05, 3.63) is 16.5 Å².